The lowest BCUT2D eigenvalue weighted by Crippen LogP contribution is -2.57. The first-order chi connectivity index (χ1) is 8.70. The van der Waals surface area contributed by atoms with Gasteiger partial charge in [0.2, 0.25) is 0 Å². The van der Waals surface area contributed by atoms with E-state index in [0.717, 1.165) is 36.6 Å². The molecule has 1 aromatic carbocycles. The van der Waals surface area contributed by atoms with Gasteiger partial charge in [0.05, 0.1) is 12.1 Å². The van der Waals surface area contributed by atoms with E-state index in [9.17, 15) is 5.11 Å². The van der Waals surface area contributed by atoms with Gasteiger partial charge >= 0.3 is 0 Å². The normalized spacial score (nSPS) is 28.1. The van der Waals surface area contributed by atoms with E-state index in [1.54, 1.807) is 0 Å². The van der Waals surface area contributed by atoms with Crippen LogP contribution in [-0.4, -0.2) is 30.3 Å². The Morgan fingerprint density at radius 1 is 1.44 bits per heavy atom. The number of anilines is 1. The molecule has 1 aliphatic heterocycles. The molecular weight excluding hydrogens is 248 g/mol. The van der Waals surface area contributed by atoms with E-state index in [1.807, 2.05) is 24.3 Å². The number of hydrogen-bond donors (Lipinski definition) is 3. The van der Waals surface area contributed by atoms with Crippen LogP contribution < -0.4 is 10.6 Å². The summed E-state index contributed by atoms with van der Waals surface area (Å²) in [4.78, 5) is 0. The van der Waals surface area contributed by atoms with Crippen LogP contribution in [0.4, 0.5) is 5.69 Å². The molecule has 2 atom stereocenters. The molecule has 1 fully saturated rings. The first-order valence-electron chi connectivity index (χ1n) is 6.55. The average Bonchev–Trinajstić information content (AvgIpc) is 2.42. The summed E-state index contributed by atoms with van der Waals surface area (Å²) in [7, 11) is 0. The molecular formula is C14H21ClN2O. The van der Waals surface area contributed by atoms with Gasteiger partial charge in [0.25, 0.3) is 0 Å². The van der Waals surface area contributed by atoms with Gasteiger partial charge in [0, 0.05) is 17.3 Å². The molecule has 3 N–H and O–H groups in total. The number of nitrogens with one attached hydrogen (secondary N) is 2. The van der Waals surface area contributed by atoms with Crippen molar-refractivity contribution in [1.82, 2.24) is 5.32 Å². The maximum atomic E-state index is 9.84. The second-order valence-electron chi connectivity index (χ2n) is 5.01. The first-order valence-corrected chi connectivity index (χ1v) is 6.93. The van der Waals surface area contributed by atoms with Crippen LogP contribution >= 0.6 is 11.6 Å². The molecule has 1 aromatic rings. The summed E-state index contributed by atoms with van der Waals surface area (Å²) in [5.41, 5.74) is 0.808. The van der Waals surface area contributed by atoms with E-state index in [1.165, 1.54) is 0 Å². The number of halogens is 1. The predicted octanol–water partition coefficient (Wildman–Crippen LogP) is 2.50. The Balaban J connectivity index is 2.18. The lowest BCUT2D eigenvalue weighted by atomic mass is 9.77. The summed E-state index contributed by atoms with van der Waals surface area (Å²) in [5.74, 6) is 0.437. The highest BCUT2D eigenvalue weighted by atomic mass is 35.5. The van der Waals surface area contributed by atoms with E-state index >= 15 is 0 Å². The molecule has 0 aromatic heterocycles. The third-order valence-corrected chi connectivity index (χ3v) is 4.18. The molecule has 4 heteroatoms. The lowest BCUT2D eigenvalue weighted by molar-refractivity contribution is 0.124. The SMILES string of the molecule is CCC1CNCCC1(CO)Nc1ccc(Cl)cc1. The minimum Gasteiger partial charge on any atom is -0.394 e. The van der Waals surface area contributed by atoms with Gasteiger partial charge < -0.3 is 15.7 Å². The first kappa shape index (κ1) is 13.7. The number of hydrogen-bond acceptors (Lipinski definition) is 3. The van der Waals surface area contributed by atoms with Crippen LogP contribution in [0.15, 0.2) is 24.3 Å². The largest absolute Gasteiger partial charge is 0.394 e. The van der Waals surface area contributed by atoms with Crippen LogP contribution in [0.1, 0.15) is 19.8 Å². The third-order valence-electron chi connectivity index (χ3n) is 3.93. The van der Waals surface area contributed by atoms with E-state index in [2.05, 4.69) is 17.6 Å². The van der Waals surface area contributed by atoms with Gasteiger partial charge in [-0.15, -0.1) is 0 Å². The molecule has 1 saturated heterocycles. The number of benzene rings is 1. The Bertz CT molecular complexity index is 382. The van der Waals surface area contributed by atoms with Gasteiger partial charge in [-0.25, -0.2) is 0 Å². The smallest absolute Gasteiger partial charge is 0.0665 e. The van der Waals surface area contributed by atoms with Crippen molar-refractivity contribution in [3.63, 3.8) is 0 Å². The van der Waals surface area contributed by atoms with Crippen molar-refractivity contribution < 1.29 is 5.11 Å². The summed E-state index contributed by atoms with van der Waals surface area (Å²) >= 11 is 5.89. The van der Waals surface area contributed by atoms with Crippen molar-refractivity contribution in [2.45, 2.75) is 25.3 Å². The van der Waals surface area contributed by atoms with Crippen molar-refractivity contribution in [2.75, 3.05) is 25.0 Å². The zero-order valence-electron chi connectivity index (χ0n) is 10.7. The molecule has 0 radical (unpaired) electrons. The van der Waals surface area contributed by atoms with Crippen LogP contribution in [0.3, 0.4) is 0 Å². The highest BCUT2D eigenvalue weighted by molar-refractivity contribution is 6.30. The molecule has 0 amide bonds. The quantitative estimate of drug-likeness (QED) is 0.786. The van der Waals surface area contributed by atoms with Crippen LogP contribution in [0.25, 0.3) is 0 Å². The Morgan fingerprint density at radius 2 is 2.17 bits per heavy atom. The maximum absolute atomic E-state index is 9.84. The minimum absolute atomic E-state index is 0.163. The van der Waals surface area contributed by atoms with Gasteiger partial charge in [-0.2, -0.15) is 0 Å². The van der Waals surface area contributed by atoms with Gasteiger partial charge in [-0.1, -0.05) is 18.5 Å². The Kier molecular flexibility index (Phi) is 4.49. The average molecular weight is 269 g/mol. The van der Waals surface area contributed by atoms with E-state index in [-0.39, 0.29) is 12.1 Å². The number of piperidine rings is 1. The van der Waals surface area contributed by atoms with Gasteiger partial charge in [-0.05, 0) is 49.6 Å². The summed E-state index contributed by atoms with van der Waals surface area (Å²) in [6.45, 7) is 4.23. The zero-order valence-corrected chi connectivity index (χ0v) is 11.5. The molecule has 2 rings (SSSR count). The molecule has 2 unspecified atom stereocenters. The van der Waals surface area contributed by atoms with Crippen LogP contribution in [0, 0.1) is 5.92 Å². The summed E-state index contributed by atoms with van der Waals surface area (Å²) in [6.07, 6.45) is 1.98. The lowest BCUT2D eigenvalue weighted by Gasteiger charge is -2.44. The van der Waals surface area contributed by atoms with E-state index in [0.29, 0.717) is 5.92 Å². The van der Waals surface area contributed by atoms with Crippen LogP contribution in [0.5, 0.6) is 0 Å². The van der Waals surface area contributed by atoms with Crippen molar-refractivity contribution in [2.24, 2.45) is 5.92 Å². The topological polar surface area (TPSA) is 44.3 Å². The highest BCUT2D eigenvalue weighted by Gasteiger charge is 2.39. The van der Waals surface area contributed by atoms with Crippen molar-refractivity contribution in [1.29, 1.82) is 0 Å². The molecule has 0 bridgehead atoms. The third kappa shape index (κ3) is 2.79. The zero-order chi connectivity index (χ0) is 13.0. The number of aliphatic hydroxyl groups excluding tert-OH is 1. The fourth-order valence-corrected chi connectivity index (χ4v) is 2.88. The molecule has 0 spiro atoms. The molecule has 3 nitrogen and oxygen atoms in total. The van der Waals surface area contributed by atoms with E-state index < -0.39 is 0 Å². The molecule has 1 heterocycles. The number of rotatable bonds is 4. The Morgan fingerprint density at radius 3 is 2.78 bits per heavy atom. The summed E-state index contributed by atoms with van der Waals surface area (Å²) in [6, 6.07) is 7.68. The molecule has 100 valence electrons. The monoisotopic (exact) mass is 268 g/mol. The second-order valence-corrected chi connectivity index (χ2v) is 5.44. The molecule has 0 saturated carbocycles. The van der Waals surface area contributed by atoms with Gasteiger partial charge in [0.1, 0.15) is 0 Å². The maximum Gasteiger partial charge on any atom is 0.0665 e. The Hall–Kier alpha value is -0.770. The molecule has 0 aliphatic carbocycles. The van der Waals surface area contributed by atoms with Gasteiger partial charge in [-0.3, -0.25) is 0 Å². The fourth-order valence-electron chi connectivity index (χ4n) is 2.76. The van der Waals surface area contributed by atoms with Crippen LogP contribution in [-0.2, 0) is 0 Å². The predicted molar refractivity (Wildman–Crippen MR) is 76.2 cm³/mol. The van der Waals surface area contributed by atoms with Crippen molar-refractivity contribution >= 4 is 17.3 Å². The summed E-state index contributed by atoms with van der Waals surface area (Å²) < 4.78 is 0. The minimum atomic E-state index is -0.214. The van der Waals surface area contributed by atoms with Gasteiger partial charge in [0.15, 0.2) is 0 Å². The fraction of sp³-hybridized carbons (Fsp3) is 0.571. The standard InChI is InChI=1S/C14H21ClN2O/c1-2-11-9-16-8-7-14(11,10-18)17-13-5-3-12(15)4-6-13/h3-6,11,16-18H,2,7-10H2,1H3. The van der Waals surface area contributed by atoms with Crippen LogP contribution in [0.2, 0.25) is 5.02 Å². The second kappa shape index (κ2) is 5.91. The highest BCUT2D eigenvalue weighted by Crippen LogP contribution is 2.31. The molecule has 18 heavy (non-hydrogen) atoms. The summed E-state index contributed by atoms with van der Waals surface area (Å²) in [5, 5.41) is 17.5. The van der Waals surface area contributed by atoms with E-state index in [4.69, 9.17) is 11.6 Å². The van der Waals surface area contributed by atoms with Crippen molar-refractivity contribution in [3.8, 4) is 0 Å². The molecule has 1 aliphatic rings. The number of aliphatic hydroxyl groups is 1. The van der Waals surface area contributed by atoms with Crippen molar-refractivity contribution in [3.05, 3.63) is 29.3 Å². The Labute approximate surface area is 114 Å².